The van der Waals surface area contributed by atoms with Crippen LogP contribution in [0.5, 0.6) is 5.75 Å². The predicted molar refractivity (Wildman–Crippen MR) is 53.1 cm³/mol. The molecule has 2 N–H and O–H groups in total. The van der Waals surface area contributed by atoms with Crippen LogP contribution in [-0.4, -0.2) is 11.3 Å². The van der Waals surface area contributed by atoms with Crippen molar-refractivity contribution < 1.29 is 17.9 Å². The maximum atomic E-state index is 12.2. The molecule has 0 unspecified atom stereocenters. The van der Waals surface area contributed by atoms with Crippen molar-refractivity contribution in [1.82, 2.24) is 4.98 Å². The zero-order chi connectivity index (χ0) is 13.1. The van der Waals surface area contributed by atoms with Crippen molar-refractivity contribution in [2.45, 2.75) is 19.3 Å². The molecule has 0 atom stereocenters. The number of hydrogen-bond acceptors (Lipinski definition) is 4. The fraction of sp³-hybridized carbons (Fsp3) is 0.333. The Kier molecular flexibility index (Phi) is 4.15. The summed E-state index contributed by atoms with van der Waals surface area (Å²) in [6.07, 6.45) is -4.07. The van der Waals surface area contributed by atoms with Gasteiger partial charge in [-0.05, 0) is 0 Å². The summed E-state index contributed by atoms with van der Waals surface area (Å²) in [5.41, 5.74) is 5.08. The fourth-order valence-electron chi connectivity index (χ4n) is 1.18. The Labute approximate surface area is 99.8 Å². The van der Waals surface area contributed by atoms with E-state index in [1.165, 1.54) is 0 Å². The predicted octanol–water partition coefficient (Wildman–Crippen LogP) is 2.16. The van der Waals surface area contributed by atoms with Gasteiger partial charge in [-0.3, -0.25) is 4.98 Å². The minimum atomic E-state index is -4.89. The number of halogens is 4. The number of pyridine rings is 1. The molecule has 0 amide bonds. The summed E-state index contributed by atoms with van der Waals surface area (Å²) in [4.78, 5) is 3.63. The molecule has 17 heavy (non-hydrogen) atoms. The molecule has 0 aliphatic carbocycles. The molecule has 0 aliphatic rings. The summed E-state index contributed by atoms with van der Waals surface area (Å²) in [5, 5.41) is 8.47. The Morgan fingerprint density at radius 1 is 1.53 bits per heavy atom. The Balaban J connectivity index is 3.30. The van der Waals surface area contributed by atoms with Gasteiger partial charge >= 0.3 is 6.36 Å². The molecule has 0 aromatic carbocycles. The Morgan fingerprint density at radius 2 is 2.18 bits per heavy atom. The van der Waals surface area contributed by atoms with Gasteiger partial charge in [0.05, 0.1) is 23.2 Å². The standard InChI is InChI=1S/C9H7ClF3N3O/c10-6-4-16-7(3-15)8(5(6)1-2-14)17-9(11,12)13/h4H,1,3,15H2. The molecule has 0 saturated carbocycles. The number of nitriles is 1. The van der Waals surface area contributed by atoms with Crippen LogP contribution in [0, 0.1) is 11.3 Å². The van der Waals surface area contributed by atoms with Crippen LogP contribution < -0.4 is 10.5 Å². The SMILES string of the molecule is N#CCc1c(Cl)cnc(CN)c1OC(F)(F)F. The smallest absolute Gasteiger partial charge is 0.403 e. The largest absolute Gasteiger partial charge is 0.573 e. The number of rotatable bonds is 3. The molecule has 0 spiro atoms. The quantitative estimate of drug-likeness (QED) is 0.909. The van der Waals surface area contributed by atoms with E-state index >= 15 is 0 Å². The minimum Gasteiger partial charge on any atom is -0.403 e. The molecule has 1 aromatic heterocycles. The number of ether oxygens (including phenoxy) is 1. The molecule has 0 bridgehead atoms. The first-order chi connectivity index (χ1) is 7.89. The summed E-state index contributed by atoms with van der Waals surface area (Å²) in [6, 6.07) is 1.70. The Hall–Kier alpha value is -1.52. The number of nitrogens with two attached hydrogens (primary N) is 1. The molecule has 0 radical (unpaired) electrons. The van der Waals surface area contributed by atoms with Gasteiger partial charge in [-0.25, -0.2) is 0 Å². The van der Waals surface area contributed by atoms with E-state index in [0.29, 0.717) is 0 Å². The third-order valence-corrected chi connectivity index (χ3v) is 2.15. The van der Waals surface area contributed by atoms with Gasteiger partial charge in [-0.15, -0.1) is 13.2 Å². The van der Waals surface area contributed by atoms with Crippen LogP contribution in [0.15, 0.2) is 6.20 Å². The molecular formula is C9H7ClF3N3O. The molecule has 0 aliphatic heterocycles. The summed E-state index contributed by atoms with van der Waals surface area (Å²) in [7, 11) is 0. The van der Waals surface area contributed by atoms with Crippen LogP contribution in [0.3, 0.4) is 0 Å². The lowest BCUT2D eigenvalue weighted by atomic mass is 10.1. The molecule has 0 fully saturated rings. The van der Waals surface area contributed by atoms with E-state index in [4.69, 9.17) is 22.6 Å². The average molecular weight is 266 g/mol. The van der Waals surface area contributed by atoms with Gasteiger partial charge in [-0.1, -0.05) is 11.6 Å². The van der Waals surface area contributed by atoms with Crippen LogP contribution in [0.1, 0.15) is 11.3 Å². The van der Waals surface area contributed by atoms with Crippen LogP contribution >= 0.6 is 11.6 Å². The molecule has 4 nitrogen and oxygen atoms in total. The van der Waals surface area contributed by atoms with E-state index in [2.05, 4.69) is 9.72 Å². The molecule has 0 saturated heterocycles. The van der Waals surface area contributed by atoms with Crippen molar-refractivity contribution in [3.8, 4) is 11.8 Å². The van der Waals surface area contributed by atoms with Gasteiger partial charge in [0.2, 0.25) is 0 Å². The molecule has 1 rings (SSSR count). The second-order valence-electron chi connectivity index (χ2n) is 2.95. The van der Waals surface area contributed by atoms with Crippen molar-refractivity contribution in [3.05, 3.63) is 22.5 Å². The zero-order valence-electron chi connectivity index (χ0n) is 8.38. The lowest BCUT2D eigenvalue weighted by molar-refractivity contribution is -0.275. The summed E-state index contributed by atoms with van der Waals surface area (Å²) < 4.78 is 40.4. The first-order valence-electron chi connectivity index (χ1n) is 4.38. The minimum absolute atomic E-state index is 0.0667. The third kappa shape index (κ3) is 3.47. The van der Waals surface area contributed by atoms with Crippen LogP contribution in [0.25, 0.3) is 0 Å². The van der Waals surface area contributed by atoms with Crippen molar-refractivity contribution in [1.29, 1.82) is 5.26 Å². The Morgan fingerprint density at radius 3 is 2.65 bits per heavy atom. The molecule has 92 valence electrons. The monoisotopic (exact) mass is 265 g/mol. The second-order valence-corrected chi connectivity index (χ2v) is 3.35. The van der Waals surface area contributed by atoms with E-state index in [1.54, 1.807) is 6.07 Å². The number of hydrogen-bond donors (Lipinski definition) is 1. The molecule has 1 heterocycles. The topological polar surface area (TPSA) is 71.9 Å². The highest BCUT2D eigenvalue weighted by Crippen LogP contribution is 2.33. The van der Waals surface area contributed by atoms with E-state index < -0.39 is 12.1 Å². The van der Waals surface area contributed by atoms with Crippen LogP contribution in [-0.2, 0) is 13.0 Å². The van der Waals surface area contributed by atoms with Crippen molar-refractivity contribution >= 4 is 11.6 Å². The average Bonchev–Trinajstić information content (AvgIpc) is 2.22. The summed E-state index contributed by atoms with van der Waals surface area (Å²) in [5.74, 6) is -0.589. The molecule has 1 aromatic rings. The van der Waals surface area contributed by atoms with Gasteiger partial charge in [0.1, 0.15) is 0 Å². The van der Waals surface area contributed by atoms with Crippen molar-refractivity contribution in [2.24, 2.45) is 5.73 Å². The maximum Gasteiger partial charge on any atom is 0.573 e. The van der Waals surface area contributed by atoms with Gasteiger partial charge in [0.15, 0.2) is 5.75 Å². The fourth-order valence-corrected chi connectivity index (χ4v) is 1.38. The van der Waals surface area contributed by atoms with Crippen molar-refractivity contribution in [3.63, 3.8) is 0 Å². The number of nitrogens with zero attached hydrogens (tertiary/aromatic N) is 2. The van der Waals surface area contributed by atoms with E-state index in [0.717, 1.165) is 6.20 Å². The maximum absolute atomic E-state index is 12.2. The second kappa shape index (κ2) is 5.21. The van der Waals surface area contributed by atoms with E-state index in [-0.39, 0.29) is 29.2 Å². The van der Waals surface area contributed by atoms with Crippen LogP contribution in [0.2, 0.25) is 5.02 Å². The number of alkyl halides is 3. The molecule has 8 heteroatoms. The highest BCUT2D eigenvalue weighted by molar-refractivity contribution is 6.31. The first kappa shape index (κ1) is 13.5. The highest BCUT2D eigenvalue weighted by atomic mass is 35.5. The third-order valence-electron chi connectivity index (χ3n) is 1.83. The lowest BCUT2D eigenvalue weighted by Gasteiger charge is -2.15. The van der Waals surface area contributed by atoms with Gasteiger partial charge in [0.25, 0.3) is 0 Å². The number of aromatic nitrogens is 1. The van der Waals surface area contributed by atoms with Gasteiger partial charge in [-0.2, -0.15) is 5.26 Å². The normalized spacial score (nSPS) is 11.1. The zero-order valence-corrected chi connectivity index (χ0v) is 9.14. The first-order valence-corrected chi connectivity index (χ1v) is 4.76. The summed E-state index contributed by atoms with van der Waals surface area (Å²) >= 11 is 5.66. The van der Waals surface area contributed by atoms with E-state index in [9.17, 15) is 13.2 Å². The van der Waals surface area contributed by atoms with Crippen molar-refractivity contribution in [2.75, 3.05) is 0 Å². The van der Waals surface area contributed by atoms with E-state index in [1.807, 2.05) is 0 Å². The lowest BCUT2D eigenvalue weighted by Crippen LogP contribution is -2.20. The molecular weight excluding hydrogens is 259 g/mol. The summed E-state index contributed by atoms with van der Waals surface area (Å²) in [6.45, 7) is -0.249. The highest BCUT2D eigenvalue weighted by Gasteiger charge is 2.34. The van der Waals surface area contributed by atoms with Crippen LogP contribution in [0.4, 0.5) is 13.2 Å². The Bertz CT molecular complexity index is 456. The van der Waals surface area contributed by atoms with Gasteiger partial charge in [0, 0.05) is 18.3 Å². The van der Waals surface area contributed by atoms with Gasteiger partial charge < -0.3 is 10.5 Å².